The highest BCUT2D eigenvalue weighted by Crippen LogP contribution is 2.05. The van der Waals surface area contributed by atoms with Gasteiger partial charge < -0.3 is 16.0 Å². The van der Waals surface area contributed by atoms with Crippen LogP contribution < -0.4 is 11.1 Å². The first kappa shape index (κ1) is 13.5. The summed E-state index contributed by atoms with van der Waals surface area (Å²) in [5, 5.41) is 9.17. The van der Waals surface area contributed by atoms with Crippen LogP contribution in [0.5, 0.6) is 0 Å². The Kier molecular flexibility index (Phi) is 4.96. The van der Waals surface area contributed by atoms with Crippen molar-refractivity contribution in [2.75, 3.05) is 25.4 Å². The quantitative estimate of drug-likeness (QED) is 0.672. The Morgan fingerprint density at radius 3 is 2.71 bits per heavy atom. The highest BCUT2D eigenvalue weighted by atomic mass is 16.1. The first-order valence-corrected chi connectivity index (χ1v) is 5.90. The fourth-order valence-electron chi connectivity index (χ4n) is 1.69. The van der Waals surface area contributed by atoms with Gasteiger partial charge in [-0.2, -0.15) is 5.10 Å². The lowest BCUT2D eigenvalue weighted by Gasteiger charge is -2.23. The number of aromatic amines is 1. The summed E-state index contributed by atoms with van der Waals surface area (Å²) in [7, 11) is 0. The smallest absolute Gasteiger partial charge is 0.256 e. The molecule has 6 nitrogen and oxygen atoms in total. The normalized spacial score (nSPS) is 12.7. The number of hydrogen-bond acceptors (Lipinski definition) is 4. The lowest BCUT2D eigenvalue weighted by atomic mass is 10.2. The van der Waals surface area contributed by atoms with E-state index < -0.39 is 0 Å². The summed E-state index contributed by atoms with van der Waals surface area (Å²) in [6, 6.07) is 0.0803. The van der Waals surface area contributed by atoms with Crippen molar-refractivity contribution in [2.24, 2.45) is 0 Å². The van der Waals surface area contributed by atoms with Crippen LogP contribution in [0.4, 0.5) is 5.82 Å². The Hall–Kier alpha value is -1.56. The number of hydrogen-bond donors (Lipinski definition) is 3. The maximum atomic E-state index is 11.8. The van der Waals surface area contributed by atoms with E-state index in [4.69, 9.17) is 5.73 Å². The van der Waals surface area contributed by atoms with Gasteiger partial charge in [-0.1, -0.05) is 13.8 Å². The molecule has 4 N–H and O–H groups in total. The fraction of sp³-hybridized carbons (Fsp3) is 0.636. The number of nitrogen functional groups attached to an aromatic ring is 1. The van der Waals surface area contributed by atoms with Gasteiger partial charge in [0, 0.05) is 12.6 Å². The summed E-state index contributed by atoms with van der Waals surface area (Å²) in [6.45, 7) is 8.97. The predicted octanol–water partition coefficient (Wildman–Crippen LogP) is 0.452. The number of likely N-dealkylation sites (N-methyl/N-ethyl adjacent to an activating group) is 1. The molecule has 0 saturated heterocycles. The second-order valence-corrected chi connectivity index (χ2v) is 4.06. The molecule has 17 heavy (non-hydrogen) atoms. The first-order valence-electron chi connectivity index (χ1n) is 5.90. The van der Waals surface area contributed by atoms with Crippen LogP contribution in [0.25, 0.3) is 0 Å². The number of H-pyrrole nitrogens is 1. The molecular formula is C11H21N5O. The van der Waals surface area contributed by atoms with Gasteiger partial charge in [0.15, 0.2) is 0 Å². The van der Waals surface area contributed by atoms with Gasteiger partial charge in [-0.05, 0) is 20.0 Å². The Balaban J connectivity index is 2.49. The van der Waals surface area contributed by atoms with Gasteiger partial charge in [0.05, 0.1) is 6.20 Å². The molecule has 1 amide bonds. The molecule has 0 aliphatic carbocycles. The Bertz CT molecular complexity index is 358. The van der Waals surface area contributed by atoms with E-state index in [1.807, 2.05) is 6.92 Å². The minimum Gasteiger partial charge on any atom is -0.383 e. The van der Waals surface area contributed by atoms with Crippen molar-refractivity contribution in [1.29, 1.82) is 0 Å². The molecule has 1 rings (SSSR count). The topological polar surface area (TPSA) is 87.0 Å². The number of rotatable bonds is 6. The van der Waals surface area contributed by atoms with Gasteiger partial charge >= 0.3 is 0 Å². The lowest BCUT2D eigenvalue weighted by Crippen LogP contribution is -2.42. The highest BCUT2D eigenvalue weighted by Gasteiger charge is 2.15. The van der Waals surface area contributed by atoms with Gasteiger partial charge in [0.2, 0.25) is 0 Å². The standard InChI is InChI=1S/C11H21N5O/c1-4-16(5-2)7-8(3)14-11(17)9-6-13-15-10(9)12/h6,8H,4-5,7H2,1-3H3,(H,14,17)(H3,12,13,15). The van der Waals surface area contributed by atoms with Gasteiger partial charge in [-0.3, -0.25) is 9.89 Å². The molecule has 0 fully saturated rings. The van der Waals surface area contributed by atoms with E-state index in [1.165, 1.54) is 6.20 Å². The molecule has 0 aliphatic rings. The van der Waals surface area contributed by atoms with Crippen LogP contribution in [-0.4, -0.2) is 46.7 Å². The number of nitrogens with two attached hydrogens (primary N) is 1. The molecule has 96 valence electrons. The number of nitrogens with zero attached hydrogens (tertiary/aromatic N) is 2. The Labute approximate surface area is 102 Å². The van der Waals surface area contributed by atoms with Crippen molar-refractivity contribution in [1.82, 2.24) is 20.4 Å². The molecule has 1 atom stereocenters. The summed E-state index contributed by atoms with van der Waals surface area (Å²) < 4.78 is 0. The van der Waals surface area contributed by atoms with E-state index in [9.17, 15) is 4.79 Å². The zero-order valence-electron chi connectivity index (χ0n) is 10.7. The Morgan fingerprint density at radius 1 is 1.59 bits per heavy atom. The summed E-state index contributed by atoms with van der Waals surface area (Å²) in [4.78, 5) is 14.1. The molecule has 0 radical (unpaired) electrons. The third-order valence-electron chi connectivity index (χ3n) is 2.72. The van der Waals surface area contributed by atoms with Crippen molar-refractivity contribution in [3.63, 3.8) is 0 Å². The average Bonchev–Trinajstić information content (AvgIpc) is 2.72. The minimum atomic E-state index is -0.184. The molecule has 0 aliphatic heterocycles. The van der Waals surface area contributed by atoms with Gasteiger partial charge in [0.1, 0.15) is 11.4 Å². The number of carbonyl (C=O) groups is 1. The zero-order chi connectivity index (χ0) is 12.8. The molecular weight excluding hydrogens is 218 g/mol. The summed E-state index contributed by atoms with van der Waals surface area (Å²) in [5.74, 6) is 0.119. The van der Waals surface area contributed by atoms with E-state index in [2.05, 4.69) is 34.3 Å². The van der Waals surface area contributed by atoms with Gasteiger partial charge in [-0.25, -0.2) is 0 Å². The summed E-state index contributed by atoms with van der Waals surface area (Å²) >= 11 is 0. The van der Waals surface area contributed by atoms with Crippen LogP contribution in [0.2, 0.25) is 0 Å². The van der Waals surface area contributed by atoms with E-state index in [0.29, 0.717) is 11.4 Å². The number of aromatic nitrogens is 2. The van der Waals surface area contributed by atoms with E-state index in [-0.39, 0.29) is 11.9 Å². The van der Waals surface area contributed by atoms with E-state index in [0.717, 1.165) is 19.6 Å². The molecule has 1 aromatic heterocycles. The molecule has 1 heterocycles. The largest absolute Gasteiger partial charge is 0.383 e. The molecule has 1 unspecified atom stereocenters. The highest BCUT2D eigenvalue weighted by molar-refractivity contribution is 5.98. The molecule has 0 saturated carbocycles. The van der Waals surface area contributed by atoms with Crippen molar-refractivity contribution >= 4 is 11.7 Å². The van der Waals surface area contributed by atoms with E-state index >= 15 is 0 Å². The monoisotopic (exact) mass is 239 g/mol. The second-order valence-electron chi connectivity index (χ2n) is 4.06. The SMILES string of the molecule is CCN(CC)CC(C)NC(=O)c1cn[nH]c1N. The molecule has 6 heteroatoms. The predicted molar refractivity (Wildman–Crippen MR) is 67.7 cm³/mol. The molecule has 0 aromatic carbocycles. The zero-order valence-corrected chi connectivity index (χ0v) is 10.7. The van der Waals surface area contributed by atoms with Crippen LogP contribution in [0.1, 0.15) is 31.1 Å². The molecule has 0 spiro atoms. The van der Waals surface area contributed by atoms with E-state index in [1.54, 1.807) is 0 Å². The molecule has 1 aromatic rings. The molecule has 0 bridgehead atoms. The second kappa shape index (κ2) is 6.24. The van der Waals surface area contributed by atoms with Crippen molar-refractivity contribution in [3.8, 4) is 0 Å². The van der Waals surface area contributed by atoms with Crippen molar-refractivity contribution in [2.45, 2.75) is 26.8 Å². The average molecular weight is 239 g/mol. The maximum absolute atomic E-state index is 11.8. The minimum absolute atomic E-state index is 0.0803. The Morgan fingerprint density at radius 2 is 2.24 bits per heavy atom. The van der Waals surface area contributed by atoms with Crippen LogP contribution in [0.15, 0.2) is 6.20 Å². The van der Waals surface area contributed by atoms with Crippen LogP contribution >= 0.6 is 0 Å². The van der Waals surface area contributed by atoms with Crippen LogP contribution in [0, 0.1) is 0 Å². The third-order valence-corrected chi connectivity index (χ3v) is 2.72. The van der Waals surface area contributed by atoms with Crippen LogP contribution in [0.3, 0.4) is 0 Å². The van der Waals surface area contributed by atoms with Crippen LogP contribution in [-0.2, 0) is 0 Å². The lowest BCUT2D eigenvalue weighted by molar-refractivity contribution is 0.0931. The fourth-order valence-corrected chi connectivity index (χ4v) is 1.69. The number of anilines is 1. The number of amides is 1. The van der Waals surface area contributed by atoms with Gasteiger partial charge in [-0.15, -0.1) is 0 Å². The van der Waals surface area contributed by atoms with Crippen molar-refractivity contribution < 1.29 is 4.79 Å². The van der Waals surface area contributed by atoms with Crippen molar-refractivity contribution in [3.05, 3.63) is 11.8 Å². The summed E-state index contributed by atoms with van der Waals surface area (Å²) in [5.41, 5.74) is 5.98. The number of carbonyl (C=O) groups excluding carboxylic acids is 1. The first-order chi connectivity index (χ1) is 8.08. The summed E-state index contributed by atoms with van der Waals surface area (Å²) in [6.07, 6.45) is 1.44. The third kappa shape index (κ3) is 3.74. The number of nitrogens with one attached hydrogen (secondary N) is 2. The van der Waals surface area contributed by atoms with Gasteiger partial charge in [0.25, 0.3) is 5.91 Å². The maximum Gasteiger partial charge on any atom is 0.256 e.